The number of rotatable bonds is 3. The van der Waals surface area contributed by atoms with Crippen LogP contribution in [0.5, 0.6) is 0 Å². The Bertz CT molecular complexity index is 220. The molecule has 1 aliphatic rings. The maximum absolute atomic E-state index is 11.8. The van der Waals surface area contributed by atoms with E-state index in [2.05, 4.69) is 21.2 Å². The fourth-order valence-corrected chi connectivity index (χ4v) is 2.12. The van der Waals surface area contributed by atoms with Crippen molar-refractivity contribution in [1.29, 1.82) is 0 Å². The fraction of sp³-hybridized carbons (Fsp3) is 0.875. The van der Waals surface area contributed by atoms with E-state index in [-0.39, 0.29) is 0 Å². The molecule has 1 rings (SSSR count). The molecule has 1 aliphatic carbocycles. The predicted molar refractivity (Wildman–Crippen MR) is 49.2 cm³/mol. The van der Waals surface area contributed by atoms with Gasteiger partial charge in [0.1, 0.15) is 6.42 Å². The van der Waals surface area contributed by atoms with Crippen LogP contribution in [0, 0.1) is 0 Å². The summed E-state index contributed by atoms with van der Waals surface area (Å²) in [5.41, 5.74) is -0.428. The Hall–Kier alpha value is -0.260. The smallest absolute Gasteiger partial charge is 0.350 e. The van der Waals surface area contributed by atoms with Crippen LogP contribution < -0.4 is 5.32 Å². The molecule has 6 heteroatoms. The number of hydrogen-bond donors (Lipinski definition) is 1. The maximum Gasteiger partial charge on any atom is 0.397 e. The van der Waals surface area contributed by atoms with Crippen LogP contribution in [0.2, 0.25) is 0 Å². The van der Waals surface area contributed by atoms with Crippen LogP contribution in [0.25, 0.3) is 0 Å². The SMILES string of the molecule is O=C(CC(F)(F)F)NC1(CBr)CCC1. The van der Waals surface area contributed by atoms with Gasteiger partial charge in [-0.3, -0.25) is 4.79 Å². The average molecular weight is 274 g/mol. The van der Waals surface area contributed by atoms with Crippen molar-refractivity contribution in [3.63, 3.8) is 0 Å². The van der Waals surface area contributed by atoms with Gasteiger partial charge >= 0.3 is 6.18 Å². The van der Waals surface area contributed by atoms with E-state index in [1.54, 1.807) is 0 Å². The van der Waals surface area contributed by atoms with Gasteiger partial charge in [0.15, 0.2) is 0 Å². The number of hydrogen-bond acceptors (Lipinski definition) is 1. The van der Waals surface area contributed by atoms with E-state index in [1.165, 1.54) is 0 Å². The average Bonchev–Trinajstić information content (AvgIpc) is 1.93. The zero-order chi connectivity index (χ0) is 10.8. The van der Waals surface area contributed by atoms with Gasteiger partial charge in [0.25, 0.3) is 0 Å². The third-order valence-electron chi connectivity index (χ3n) is 2.33. The number of alkyl halides is 4. The van der Waals surface area contributed by atoms with E-state index >= 15 is 0 Å². The van der Waals surface area contributed by atoms with Crippen molar-refractivity contribution in [1.82, 2.24) is 5.32 Å². The molecule has 0 aromatic heterocycles. The van der Waals surface area contributed by atoms with Gasteiger partial charge in [-0.1, -0.05) is 15.9 Å². The first-order valence-corrected chi connectivity index (χ1v) is 5.43. The Morgan fingerprint density at radius 3 is 2.29 bits per heavy atom. The summed E-state index contributed by atoms with van der Waals surface area (Å²) in [5.74, 6) is -0.934. The summed E-state index contributed by atoms with van der Waals surface area (Å²) < 4.78 is 35.5. The molecule has 0 aromatic rings. The third kappa shape index (κ3) is 3.15. The highest BCUT2D eigenvalue weighted by molar-refractivity contribution is 9.09. The lowest BCUT2D eigenvalue weighted by atomic mass is 9.78. The van der Waals surface area contributed by atoms with Gasteiger partial charge in [0.2, 0.25) is 5.91 Å². The van der Waals surface area contributed by atoms with Crippen molar-refractivity contribution in [3.05, 3.63) is 0 Å². The first kappa shape index (κ1) is 11.8. The van der Waals surface area contributed by atoms with Crippen molar-refractivity contribution in [2.24, 2.45) is 0 Å². The summed E-state index contributed by atoms with van der Waals surface area (Å²) in [4.78, 5) is 11.0. The van der Waals surface area contributed by atoms with Crippen LogP contribution in [0.15, 0.2) is 0 Å². The molecule has 0 atom stereocenters. The molecule has 0 radical (unpaired) electrons. The molecule has 1 fully saturated rings. The molecule has 0 aliphatic heterocycles. The van der Waals surface area contributed by atoms with Gasteiger partial charge in [-0.15, -0.1) is 0 Å². The molecule has 1 amide bonds. The summed E-state index contributed by atoms with van der Waals surface area (Å²) in [6.07, 6.45) is -3.34. The van der Waals surface area contributed by atoms with E-state index in [0.29, 0.717) is 5.33 Å². The van der Waals surface area contributed by atoms with Crippen molar-refractivity contribution < 1.29 is 18.0 Å². The molecule has 0 aromatic carbocycles. The van der Waals surface area contributed by atoms with Gasteiger partial charge < -0.3 is 5.32 Å². The minimum Gasteiger partial charge on any atom is -0.350 e. The van der Waals surface area contributed by atoms with E-state index in [0.717, 1.165) is 19.3 Å². The standard InChI is InChI=1S/C8H11BrF3NO/c9-5-7(2-1-3-7)13-6(14)4-8(10,11)12/h1-5H2,(H,13,14). The minimum atomic E-state index is -4.42. The van der Waals surface area contributed by atoms with Crippen LogP contribution in [-0.4, -0.2) is 23.0 Å². The molecule has 82 valence electrons. The van der Waals surface area contributed by atoms with Crippen LogP contribution in [0.3, 0.4) is 0 Å². The molecule has 14 heavy (non-hydrogen) atoms. The molecule has 0 heterocycles. The Balaban J connectivity index is 2.40. The molecular weight excluding hydrogens is 263 g/mol. The van der Waals surface area contributed by atoms with Crippen LogP contribution in [0.1, 0.15) is 25.7 Å². The minimum absolute atomic E-state index is 0.428. The Morgan fingerprint density at radius 2 is 2.00 bits per heavy atom. The molecular formula is C8H11BrF3NO. The number of halogens is 4. The number of carbonyl (C=O) groups is 1. The maximum atomic E-state index is 11.8. The van der Waals surface area contributed by atoms with Crippen molar-refractivity contribution >= 4 is 21.8 Å². The second-order valence-electron chi connectivity index (χ2n) is 3.61. The van der Waals surface area contributed by atoms with E-state index in [9.17, 15) is 18.0 Å². The Morgan fingerprint density at radius 1 is 1.43 bits per heavy atom. The highest BCUT2D eigenvalue weighted by atomic mass is 79.9. The first-order chi connectivity index (χ1) is 6.37. The lowest BCUT2D eigenvalue weighted by molar-refractivity contribution is -0.155. The van der Waals surface area contributed by atoms with Crippen molar-refractivity contribution in [3.8, 4) is 0 Å². The largest absolute Gasteiger partial charge is 0.397 e. The number of amides is 1. The normalized spacial score (nSPS) is 20.0. The van der Waals surface area contributed by atoms with Gasteiger partial charge in [0.05, 0.1) is 0 Å². The lowest BCUT2D eigenvalue weighted by Gasteiger charge is -2.41. The van der Waals surface area contributed by atoms with Crippen LogP contribution >= 0.6 is 15.9 Å². The van der Waals surface area contributed by atoms with Crippen LogP contribution in [0.4, 0.5) is 13.2 Å². The summed E-state index contributed by atoms with van der Waals surface area (Å²) in [6.45, 7) is 0. The number of carbonyl (C=O) groups excluding carboxylic acids is 1. The van der Waals surface area contributed by atoms with Crippen molar-refractivity contribution in [2.45, 2.75) is 37.4 Å². The summed E-state index contributed by atoms with van der Waals surface area (Å²) in [7, 11) is 0. The van der Waals surface area contributed by atoms with E-state index < -0.39 is 24.0 Å². The highest BCUT2D eigenvalue weighted by Crippen LogP contribution is 2.33. The van der Waals surface area contributed by atoms with Gasteiger partial charge in [-0.2, -0.15) is 13.2 Å². The topological polar surface area (TPSA) is 29.1 Å². The molecule has 0 unspecified atom stereocenters. The molecule has 1 saturated carbocycles. The van der Waals surface area contributed by atoms with E-state index in [1.807, 2.05) is 0 Å². The van der Waals surface area contributed by atoms with Gasteiger partial charge in [0, 0.05) is 10.9 Å². The third-order valence-corrected chi connectivity index (χ3v) is 3.41. The monoisotopic (exact) mass is 273 g/mol. The molecule has 1 N–H and O–H groups in total. The quantitative estimate of drug-likeness (QED) is 0.786. The Labute approximate surface area is 88.4 Å². The van der Waals surface area contributed by atoms with E-state index in [4.69, 9.17) is 0 Å². The zero-order valence-electron chi connectivity index (χ0n) is 7.46. The fourth-order valence-electron chi connectivity index (χ4n) is 1.42. The summed E-state index contributed by atoms with van der Waals surface area (Å²) in [5, 5.41) is 2.95. The number of nitrogens with one attached hydrogen (secondary N) is 1. The summed E-state index contributed by atoms with van der Waals surface area (Å²) >= 11 is 3.20. The molecule has 0 saturated heterocycles. The van der Waals surface area contributed by atoms with Crippen molar-refractivity contribution in [2.75, 3.05) is 5.33 Å². The van der Waals surface area contributed by atoms with Crippen LogP contribution in [-0.2, 0) is 4.79 Å². The second kappa shape index (κ2) is 4.08. The lowest BCUT2D eigenvalue weighted by Crippen LogP contribution is -2.55. The Kier molecular flexibility index (Phi) is 3.44. The van der Waals surface area contributed by atoms with Gasteiger partial charge in [-0.25, -0.2) is 0 Å². The zero-order valence-corrected chi connectivity index (χ0v) is 9.04. The molecule has 0 spiro atoms. The second-order valence-corrected chi connectivity index (χ2v) is 4.17. The van der Waals surface area contributed by atoms with Gasteiger partial charge in [-0.05, 0) is 19.3 Å². The first-order valence-electron chi connectivity index (χ1n) is 4.31. The predicted octanol–water partition coefficient (Wildman–Crippen LogP) is 2.37. The summed E-state index contributed by atoms with van der Waals surface area (Å²) in [6, 6.07) is 0. The molecule has 0 bridgehead atoms. The highest BCUT2D eigenvalue weighted by Gasteiger charge is 2.40. The molecule has 2 nitrogen and oxygen atoms in total.